The van der Waals surface area contributed by atoms with Crippen LogP contribution in [-0.4, -0.2) is 36.7 Å². The van der Waals surface area contributed by atoms with Crippen molar-refractivity contribution >= 4 is 5.91 Å². The molecule has 1 amide bonds. The minimum Gasteiger partial charge on any atom is -0.379 e. The first-order chi connectivity index (χ1) is 9.22. The van der Waals surface area contributed by atoms with E-state index in [9.17, 15) is 4.79 Å². The van der Waals surface area contributed by atoms with E-state index in [4.69, 9.17) is 4.74 Å². The molecule has 2 unspecified atom stereocenters. The van der Waals surface area contributed by atoms with Gasteiger partial charge in [0.1, 0.15) is 0 Å². The van der Waals surface area contributed by atoms with E-state index in [1.165, 1.54) is 0 Å². The third-order valence-electron chi connectivity index (χ3n) is 3.37. The molecule has 104 valence electrons. The summed E-state index contributed by atoms with van der Waals surface area (Å²) in [5.74, 6) is -0.0901. The van der Waals surface area contributed by atoms with Gasteiger partial charge in [-0.1, -0.05) is 13.0 Å². The highest BCUT2D eigenvalue weighted by molar-refractivity contribution is 5.80. The van der Waals surface area contributed by atoms with Crippen molar-refractivity contribution in [3.8, 4) is 0 Å². The van der Waals surface area contributed by atoms with E-state index in [1.807, 2.05) is 32.0 Å². The molecule has 1 aromatic heterocycles. The Balaban J connectivity index is 1.93. The molecular weight excluding hydrogens is 242 g/mol. The Morgan fingerprint density at radius 2 is 2.37 bits per heavy atom. The summed E-state index contributed by atoms with van der Waals surface area (Å²) >= 11 is 0. The number of ether oxygens (including phenoxy) is 1. The molecule has 2 N–H and O–H groups in total. The standard InChI is InChI=1S/C14H21N3O2/c1-3-15-13-9-19-8-11(13)14(18)17-10(2)12-6-4-5-7-16-12/h4-7,10-11,13,15H,3,8-9H2,1-2H3,(H,17,18)/t10-,11?,13?/m0/s1. The molecule has 1 fully saturated rings. The summed E-state index contributed by atoms with van der Waals surface area (Å²) in [5, 5.41) is 6.29. The van der Waals surface area contributed by atoms with Crippen LogP contribution in [0.2, 0.25) is 0 Å². The lowest BCUT2D eigenvalue weighted by molar-refractivity contribution is -0.126. The summed E-state index contributed by atoms with van der Waals surface area (Å²) in [5.41, 5.74) is 0.870. The van der Waals surface area contributed by atoms with Gasteiger partial charge in [0.25, 0.3) is 0 Å². The van der Waals surface area contributed by atoms with Crippen LogP contribution in [0.15, 0.2) is 24.4 Å². The van der Waals surface area contributed by atoms with Crippen LogP contribution in [0.3, 0.4) is 0 Å². The molecule has 0 saturated carbocycles. The maximum Gasteiger partial charge on any atom is 0.227 e. The highest BCUT2D eigenvalue weighted by Gasteiger charge is 2.34. The number of carbonyl (C=O) groups is 1. The molecular formula is C14H21N3O2. The lowest BCUT2D eigenvalue weighted by atomic mass is 10.0. The number of pyridine rings is 1. The Bertz CT molecular complexity index is 410. The van der Waals surface area contributed by atoms with Gasteiger partial charge in [-0.2, -0.15) is 0 Å². The second-order valence-corrected chi connectivity index (χ2v) is 4.79. The molecule has 0 radical (unpaired) electrons. The second kappa shape index (κ2) is 6.63. The number of nitrogens with zero attached hydrogens (tertiary/aromatic N) is 1. The summed E-state index contributed by atoms with van der Waals surface area (Å²) in [4.78, 5) is 16.5. The van der Waals surface area contributed by atoms with Crippen molar-refractivity contribution in [1.29, 1.82) is 0 Å². The number of aromatic nitrogens is 1. The zero-order valence-corrected chi connectivity index (χ0v) is 11.4. The van der Waals surface area contributed by atoms with Gasteiger partial charge < -0.3 is 15.4 Å². The largest absolute Gasteiger partial charge is 0.379 e. The van der Waals surface area contributed by atoms with Crippen LogP contribution >= 0.6 is 0 Å². The van der Waals surface area contributed by atoms with E-state index < -0.39 is 0 Å². The van der Waals surface area contributed by atoms with Gasteiger partial charge in [0.15, 0.2) is 0 Å². The number of hydrogen-bond donors (Lipinski definition) is 2. The number of amides is 1. The Labute approximate surface area is 113 Å². The monoisotopic (exact) mass is 263 g/mol. The van der Waals surface area contributed by atoms with E-state index in [0.29, 0.717) is 13.2 Å². The Kier molecular flexibility index (Phi) is 4.87. The molecule has 0 spiro atoms. The number of rotatable bonds is 5. The molecule has 1 aromatic rings. The Hall–Kier alpha value is -1.46. The summed E-state index contributed by atoms with van der Waals surface area (Å²) in [6.07, 6.45) is 1.73. The van der Waals surface area contributed by atoms with Gasteiger partial charge in [-0.3, -0.25) is 9.78 Å². The average molecular weight is 263 g/mol. The predicted octanol–water partition coefficient (Wildman–Crippen LogP) is 0.883. The van der Waals surface area contributed by atoms with Crippen LogP contribution in [-0.2, 0) is 9.53 Å². The molecule has 0 bridgehead atoms. The van der Waals surface area contributed by atoms with Crippen LogP contribution in [0, 0.1) is 5.92 Å². The van der Waals surface area contributed by atoms with E-state index in [0.717, 1.165) is 12.2 Å². The van der Waals surface area contributed by atoms with Crippen molar-refractivity contribution in [2.45, 2.75) is 25.9 Å². The molecule has 0 aliphatic carbocycles. The fraction of sp³-hybridized carbons (Fsp3) is 0.571. The second-order valence-electron chi connectivity index (χ2n) is 4.79. The predicted molar refractivity (Wildman–Crippen MR) is 72.6 cm³/mol. The third kappa shape index (κ3) is 3.52. The molecule has 2 heterocycles. The highest BCUT2D eigenvalue weighted by atomic mass is 16.5. The van der Waals surface area contributed by atoms with E-state index >= 15 is 0 Å². The summed E-state index contributed by atoms with van der Waals surface area (Å²) in [6, 6.07) is 5.73. The van der Waals surface area contributed by atoms with Gasteiger partial charge in [0.2, 0.25) is 5.91 Å². The maximum atomic E-state index is 12.3. The van der Waals surface area contributed by atoms with Crippen LogP contribution in [0.5, 0.6) is 0 Å². The first-order valence-electron chi connectivity index (χ1n) is 6.74. The van der Waals surface area contributed by atoms with Crippen molar-refractivity contribution in [1.82, 2.24) is 15.6 Å². The molecule has 3 atom stereocenters. The molecule has 19 heavy (non-hydrogen) atoms. The normalized spacial score (nSPS) is 24.1. The average Bonchev–Trinajstić information content (AvgIpc) is 2.88. The molecule has 2 rings (SSSR count). The third-order valence-corrected chi connectivity index (χ3v) is 3.37. The topological polar surface area (TPSA) is 63.2 Å². The lowest BCUT2D eigenvalue weighted by Crippen LogP contribution is -2.44. The molecule has 1 aliphatic heterocycles. The zero-order chi connectivity index (χ0) is 13.7. The van der Waals surface area contributed by atoms with Crippen molar-refractivity contribution in [2.75, 3.05) is 19.8 Å². The summed E-state index contributed by atoms with van der Waals surface area (Å²) < 4.78 is 5.39. The molecule has 1 aliphatic rings. The van der Waals surface area contributed by atoms with Gasteiger partial charge in [-0.05, 0) is 25.6 Å². The molecule has 5 heteroatoms. The van der Waals surface area contributed by atoms with Gasteiger partial charge in [0, 0.05) is 12.2 Å². The molecule has 0 aromatic carbocycles. The summed E-state index contributed by atoms with van der Waals surface area (Å²) in [6.45, 7) is 5.90. The molecule has 5 nitrogen and oxygen atoms in total. The van der Waals surface area contributed by atoms with Crippen LogP contribution in [0.4, 0.5) is 0 Å². The zero-order valence-electron chi connectivity index (χ0n) is 11.4. The van der Waals surface area contributed by atoms with Gasteiger partial charge in [-0.25, -0.2) is 0 Å². The first-order valence-corrected chi connectivity index (χ1v) is 6.74. The van der Waals surface area contributed by atoms with Crippen molar-refractivity contribution in [3.63, 3.8) is 0 Å². The van der Waals surface area contributed by atoms with Gasteiger partial charge in [0.05, 0.1) is 30.9 Å². The highest BCUT2D eigenvalue weighted by Crippen LogP contribution is 2.16. The SMILES string of the molecule is CCNC1COCC1C(=O)N[C@@H](C)c1ccccn1. The number of hydrogen-bond acceptors (Lipinski definition) is 4. The van der Waals surface area contributed by atoms with Crippen LogP contribution < -0.4 is 10.6 Å². The fourth-order valence-electron chi connectivity index (χ4n) is 2.30. The molecule has 1 saturated heterocycles. The number of likely N-dealkylation sites (N-methyl/N-ethyl adjacent to an activating group) is 1. The lowest BCUT2D eigenvalue weighted by Gasteiger charge is -2.20. The van der Waals surface area contributed by atoms with E-state index in [2.05, 4.69) is 15.6 Å². The smallest absolute Gasteiger partial charge is 0.227 e. The van der Waals surface area contributed by atoms with Gasteiger partial charge in [-0.15, -0.1) is 0 Å². The van der Waals surface area contributed by atoms with Crippen molar-refractivity contribution < 1.29 is 9.53 Å². The van der Waals surface area contributed by atoms with E-state index in [1.54, 1.807) is 6.20 Å². The van der Waals surface area contributed by atoms with E-state index in [-0.39, 0.29) is 23.9 Å². The van der Waals surface area contributed by atoms with Gasteiger partial charge >= 0.3 is 0 Å². The number of carbonyl (C=O) groups excluding carboxylic acids is 1. The van der Waals surface area contributed by atoms with Crippen molar-refractivity contribution in [3.05, 3.63) is 30.1 Å². The van der Waals surface area contributed by atoms with Crippen molar-refractivity contribution in [2.24, 2.45) is 5.92 Å². The Morgan fingerprint density at radius 3 is 3.05 bits per heavy atom. The summed E-state index contributed by atoms with van der Waals surface area (Å²) in [7, 11) is 0. The van der Waals surface area contributed by atoms with Crippen LogP contribution in [0.25, 0.3) is 0 Å². The minimum atomic E-state index is -0.119. The quantitative estimate of drug-likeness (QED) is 0.828. The maximum absolute atomic E-state index is 12.3. The fourth-order valence-corrected chi connectivity index (χ4v) is 2.30. The first kappa shape index (κ1) is 14.0. The van der Waals surface area contributed by atoms with Crippen LogP contribution in [0.1, 0.15) is 25.6 Å². The number of nitrogens with one attached hydrogen (secondary N) is 2. The Morgan fingerprint density at radius 1 is 1.53 bits per heavy atom. The minimum absolute atomic E-state index is 0.0293.